The van der Waals surface area contributed by atoms with Crippen molar-refractivity contribution in [1.82, 2.24) is 4.98 Å². The van der Waals surface area contributed by atoms with Gasteiger partial charge in [0.15, 0.2) is 0 Å². The van der Waals surface area contributed by atoms with Gasteiger partial charge in [0.25, 0.3) is 0 Å². The molecule has 100 valence electrons. The van der Waals surface area contributed by atoms with Gasteiger partial charge in [-0.25, -0.2) is 9.78 Å². The fourth-order valence-corrected chi connectivity index (χ4v) is 1.87. The zero-order valence-corrected chi connectivity index (χ0v) is 11.4. The zero-order chi connectivity index (χ0) is 13.5. The lowest BCUT2D eigenvalue weighted by Gasteiger charge is -2.30. The highest BCUT2D eigenvalue weighted by Gasteiger charge is 2.14. The third-order valence-corrected chi connectivity index (χ3v) is 3.17. The second-order valence-corrected chi connectivity index (χ2v) is 4.51. The molecule has 0 bridgehead atoms. The Balaban J connectivity index is 2.96. The topological polar surface area (TPSA) is 53.4 Å². The number of pyridine rings is 1. The van der Waals surface area contributed by atoms with E-state index in [1.165, 1.54) is 0 Å². The summed E-state index contributed by atoms with van der Waals surface area (Å²) in [5, 5.41) is 8.98. The summed E-state index contributed by atoms with van der Waals surface area (Å²) >= 11 is 0. The van der Waals surface area contributed by atoms with E-state index in [4.69, 9.17) is 5.11 Å². The first kappa shape index (κ1) is 14.5. The van der Waals surface area contributed by atoms with Gasteiger partial charge in [-0.15, -0.1) is 0 Å². The molecule has 0 aromatic carbocycles. The van der Waals surface area contributed by atoms with Crippen LogP contribution in [0.2, 0.25) is 0 Å². The molecule has 1 aromatic heterocycles. The number of aromatic nitrogens is 1. The van der Waals surface area contributed by atoms with Crippen LogP contribution in [0.4, 0.5) is 5.69 Å². The molecule has 0 saturated heterocycles. The van der Waals surface area contributed by atoms with E-state index in [-0.39, 0.29) is 5.69 Å². The van der Waals surface area contributed by atoms with Gasteiger partial charge in [-0.3, -0.25) is 0 Å². The maximum atomic E-state index is 10.9. The van der Waals surface area contributed by atoms with E-state index in [0.29, 0.717) is 6.04 Å². The number of carboxylic acids is 1. The van der Waals surface area contributed by atoms with E-state index < -0.39 is 5.97 Å². The highest BCUT2D eigenvalue weighted by molar-refractivity contribution is 5.86. The van der Waals surface area contributed by atoms with Crippen LogP contribution in [0.3, 0.4) is 0 Å². The van der Waals surface area contributed by atoms with Gasteiger partial charge in [0.2, 0.25) is 0 Å². The fourth-order valence-electron chi connectivity index (χ4n) is 1.87. The lowest BCUT2D eigenvalue weighted by atomic mass is 10.1. The van der Waals surface area contributed by atoms with Crippen LogP contribution in [-0.2, 0) is 0 Å². The van der Waals surface area contributed by atoms with Crippen LogP contribution in [0.5, 0.6) is 0 Å². The molecular weight excluding hydrogens is 228 g/mol. The second kappa shape index (κ2) is 6.99. The monoisotopic (exact) mass is 250 g/mol. The van der Waals surface area contributed by atoms with Crippen LogP contribution in [0.1, 0.15) is 50.5 Å². The molecule has 0 saturated carbocycles. The minimum Gasteiger partial charge on any atom is -0.477 e. The summed E-state index contributed by atoms with van der Waals surface area (Å²) in [4.78, 5) is 17.1. The van der Waals surface area contributed by atoms with Gasteiger partial charge in [0, 0.05) is 24.5 Å². The number of nitrogens with zero attached hydrogens (tertiary/aromatic N) is 2. The largest absolute Gasteiger partial charge is 0.477 e. The Hall–Kier alpha value is -1.58. The maximum Gasteiger partial charge on any atom is 0.354 e. The number of rotatable bonds is 7. The maximum absolute atomic E-state index is 10.9. The molecular formula is C14H22N2O2. The number of carbonyl (C=O) groups is 1. The molecule has 0 amide bonds. The number of anilines is 1. The highest BCUT2D eigenvalue weighted by atomic mass is 16.4. The molecule has 1 rings (SSSR count). The van der Waals surface area contributed by atoms with Crippen molar-refractivity contribution in [2.45, 2.75) is 46.1 Å². The van der Waals surface area contributed by atoms with Crippen LogP contribution in [-0.4, -0.2) is 28.6 Å². The van der Waals surface area contributed by atoms with Gasteiger partial charge in [0.05, 0.1) is 0 Å². The van der Waals surface area contributed by atoms with Gasteiger partial charge in [-0.1, -0.05) is 20.3 Å². The van der Waals surface area contributed by atoms with Gasteiger partial charge < -0.3 is 10.0 Å². The quantitative estimate of drug-likeness (QED) is 0.807. The van der Waals surface area contributed by atoms with E-state index in [1.54, 1.807) is 12.3 Å². The molecule has 1 N–H and O–H groups in total. The summed E-state index contributed by atoms with van der Waals surface area (Å²) in [5.74, 6) is -0.976. The Morgan fingerprint density at radius 1 is 1.50 bits per heavy atom. The Kier molecular flexibility index (Phi) is 5.62. The predicted molar refractivity (Wildman–Crippen MR) is 73.2 cm³/mol. The molecule has 0 spiro atoms. The van der Waals surface area contributed by atoms with Gasteiger partial charge >= 0.3 is 5.97 Å². The van der Waals surface area contributed by atoms with Crippen molar-refractivity contribution in [3.8, 4) is 0 Å². The van der Waals surface area contributed by atoms with E-state index >= 15 is 0 Å². The summed E-state index contributed by atoms with van der Waals surface area (Å²) in [6.07, 6.45) is 4.84. The first-order chi connectivity index (χ1) is 8.60. The van der Waals surface area contributed by atoms with Crippen LogP contribution in [0.25, 0.3) is 0 Å². The second-order valence-electron chi connectivity index (χ2n) is 4.51. The van der Waals surface area contributed by atoms with Crippen molar-refractivity contribution >= 4 is 11.7 Å². The van der Waals surface area contributed by atoms with Crippen LogP contribution < -0.4 is 4.90 Å². The average molecular weight is 250 g/mol. The lowest BCUT2D eigenvalue weighted by molar-refractivity contribution is 0.0690. The van der Waals surface area contributed by atoms with Crippen LogP contribution >= 0.6 is 0 Å². The van der Waals surface area contributed by atoms with Crippen molar-refractivity contribution < 1.29 is 9.90 Å². The number of hydrogen-bond donors (Lipinski definition) is 1. The molecule has 1 heterocycles. The number of aromatic carboxylic acids is 1. The van der Waals surface area contributed by atoms with Crippen molar-refractivity contribution in [2.75, 3.05) is 11.4 Å². The predicted octanol–water partition coefficient (Wildman–Crippen LogP) is 3.18. The Morgan fingerprint density at radius 3 is 2.78 bits per heavy atom. The van der Waals surface area contributed by atoms with Crippen molar-refractivity contribution in [1.29, 1.82) is 0 Å². The van der Waals surface area contributed by atoms with Crippen molar-refractivity contribution in [3.05, 3.63) is 24.0 Å². The first-order valence-corrected chi connectivity index (χ1v) is 6.56. The van der Waals surface area contributed by atoms with E-state index in [9.17, 15) is 4.79 Å². The standard InChI is InChI=1S/C14H22N2O2/c1-4-6-9-16(11(3)5-2)12-7-8-15-13(10-12)14(17)18/h7-8,10-11H,4-6,9H2,1-3H3,(H,17,18). The fraction of sp³-hybridized carbons (Fsp3) is 0.571. The summed E-state index contributed by atoms with van der Waals surface area (Å²) in [6, 6.07) is 3.94. The molecule has 0 aliphatic rings. The van der Waals surface area contributed by atoms with E-state index in [0.717, 1.165) is 31.5 Å². The molecule has 0 aliphatic heterocycles. The number of hydrogen-bond acceptors (Lipinski definition) is 3. The number of unbranched alkanes of at least 4 members (excludes halogenated alkanes) is 1. The summed E-state index contributed by atoms with van der Waals surface area (Å²) in [6.45, 7) is 7.41. The van der Waals surface area contributed by atoms with Gasteiger partial charge in [-0.2, -0.15) is 0 Å². The SMILES string of the molecule is CCCCN(c1ccnc(C(=O)O)c1)C(C)CC. The molecule has 4 nitrogen and oxygen atoms in total. The number of carboxylic acid groups (broad SMARTS) is 1. The van der Waals surface area contributed by atoms with E-state index in [2.05, 4.69) is 30.7 Å². The summed E-state index contributed by atoms with van der Waals surface area (Å²) < 4.78 is 0. The molecule has 0 radical (unpaired) electrons. The molecule has 0 fully saturated rings. The Morgan fingerprint density at radius 2 is 2.22 bits per heavy atom. The minimum absolute atomic E-state index is 0.109. The molecule has 4 heteroatoms. The minimum atomic E-state index is -0.976. The highest BCUT2D eigenvalue weighted by Crippen LogP contribution is 2.19. The molecule has 0 aliphatic carbocycles. The van der Waals surface area contributed by atoms with Gasteiger partial charge in [-0.05, 0) is 31.9 Å². The Labute approximate surface area is 109 Å². The molecule has 18 heavy (non-hydrogen) atoms. The van der Waals surface area contributed by atoms with Crippen LogP contribution in [0, 0.1) is 0 Å². The van der Waals surface area contributed by atoms with E-state index in [1.807, 2.05) is 6.07 Å². The molecule has 1 aromatic rings. The summed E-state index contributed by atoms with van der Waals surface area (Å²) in [7, 11) is 0. The Bertz CT molecular complexity index is 393. The van der Waals surface area contributed by atoms with Crippen LogP contribution in [0.15, 0.2) is 18.3 Å². The smallest absolute Gasteiger partial charge is 0.354 e. The summed E-state index contributed by atoms with van der Waals surface area (Å²) in [5.41, 5.74) is 1.06. The van der Waals surface area contributed by atoms with Crippen molar-refractivity contribution in [3.63, 3.8) is 0 Å². The molecule has 1 unspecified atom stereocenters. The average Bonchev–Trinajstić information content (AvgIpc) is 2.39. The lowest BCUT2D eigenvalue weighted by Crippen LogP contribution is -2.33. The normalized spacial score (nSPS) is 12.2. The van der Waals surface area contributed by atoms with Crippen molar-refractivity contribution in [2.24, 2.45) is 0 Å². The third-order valence-electron chi connectivity index (χ3n) is 3.17. The zero-order valence-electron chi connectivity index (χ0n) is 11.4. The van der Waals surface area contributed by atoms with Gasteiger partial charge in [0.1, 0.15) is 5.69 Å². The first-order valence-electron chi connectivity index (χ1n) is 6.56. The molecule has 1 atom stereocenters. The third kappa shape index (κ3) is 3.72.